The van der Waals surface area contributed by atoms with Gasteiger partial charge < -0.3 is 23.4 Å². The van der Waals surface area contributed by atoms with E-state index in [9.17, 15) is 9.59 Å². The maximum absolute atomic E-state index is 13.0. The normalized spacial score (nSPS) is 10.6. The first-order valence-corrected chi connectivity index (χ1v) is 11.4. The van der Waals surface area contributed by atoms with E-state index in [1.807, 2.05) is 42.5 Å². The highest BCUT2D eigenvalue weighted by Crippen LogP contribution is 2.28. The summed E-state index contributed by atoms with van der Waals surface area (Å²) in [7, 11) is 2.99. The molecule has 5 aromatic rings. The quantitative estimate of drug-likeness (QED) is 0.189. The third-order valence-corrected chi connectivity index (χ3v) is 5.70. The summed E-state index contributed by atoms with van der Waals surface area (Å²) < 4.78 is 27.3. The molecule has 0 aliphatic heterocycles. The van der Waals surface area contributed by atoms with Crippen LogP contribution in [-0.4, -0.2) is 20.2 Å². The van der Waals surface area contributed by atoms with Gasteiger partial charge in [0.1, 0.15) is 34.8 Å². The van der Waals surface area contributed by atoms with Crippen LogP contribution in [0.4, 0.5) is 0 Å². The van der Waals surface area contributed by atoms with E-state index in [0.717, 1.165) is 11.1 Å². The summed E-state index contributed by atoms with van der Waals surface area (Å²) in [6, 6.07) is 26.7. The molecular formula is C30H22O7. The zero-order valence-electron chi connectivity index (χ0n) is 20.1. The number of carbonyl (C=O) groups excluding carboxylic acids is 1. The molecule has 37 heavy (non-hydrogen) atoms. The van der Waals surface area contributed by atoms with Gasteiger partial charge >= 0.3 is 5.97 Å². The second-order valence-electron chi connectivity index (χ2n) is 8.07. The fraction of sp³-hybridized carbons (Fsp3) is 0.0667. The Labute approximate surface area is 212 Å². The van der Waals surface area contributed by atoms with Crippen LogP contribution in [0.5, 0.6) is 28.7 Å². The zero-order valence-corrected chi connectivity index (χ0v) is 20.1. The summed E-state index contributed by atoms with van der Waals surface area (Å²) in [6.45, 7) is 0. The summed E-state index contributed by atoms with van der Waals surface area (Å²) in [5.74, 6) is 1.07. The van der Waals surface area contributed by atoms with Crippen molar-refractivity contribution >= 4 is 16.9 Å². The average Bonchev–Trinajstić information content (AvgIpc) is 2.95. The van der Waals surface area contributed by atoms with Crippen molar-refractivity contribution in [3.05, 3.63) is 113 Å². The van der Waals surface area contributed by atoms with E-state index < -0.39 is 5.97 Å². The van der Waals surface area contributed by atoms with Crippen LogP contribution in [0.3, 0.4) is 0 Å². The predicted molar refractivity (Wildman–Crippen MR) is 139 cm³/mol. The van der Waals surface area contributed by atoms with E-state index in [4.69, 9.17) is 23.4 Å². The van der Waals surface area contributed by atoms with Gasteiger partial charge in [0.05, 0.1) is 25.2 Å². The van der Waals surface area contributed by atoms with Crippen molar-refractivity contribution in [2.45, 2.75) is 0 Å². The number of hydrogen-bond acceptors (Lipinski definition) is 7. The molecule has 0 N–H and O–H groups in total. The third kappa shape index (κ3) is 5.16. The zero-order chi connectivity index (χ0) is 25.8. The number of fused-ring (bicyclic) bond motifs is 1. The van der Waals surface area contributed by atoms with Gasteiger partial charge in [-0.05, 0) is 47.5 Å². The molecule has 0 atom stereocenters. The molecule has 0 saturated carbocycles. The highest BCUT2D eigenvalue weighted by atomic mass is 16.5. The Balaban J connectivity index is 1.34. The molecule has 0 aliphatic carbocycles. The van der Waals surface area contributed by atoms with Crippen LogP contribution in [0.1, 0.15) is 10.4 Å². The third-order valence-electron chi connectivity index (χ3n) is 5.70. The fourth-order valence-electron chi connectivity index (χ4n) is 3.79. The van der Waals surface area contributed by atoms with Crippen molar-refractivity contribution in [3.8, 4) is 39.9 Å². The smallest absolute Gasteiger partial charge is 0.343 e. The molecule has 0 bridgehead atoms. The van der Waals surface area contributed by atoms with Crippen LogP contribution in [0.25, 0.3) is 22.1 Å². The number of methoxy groups -OCH3 is 2. The van der Waals surface area contributed by atoms with Gasteiger partial charge in [0.25, 0.3) is 0 Å². The molecule has 184 valence electrons. The van der Waals surface area contributed by atoms with Gasteiger partial charge in [0, 0.05) is 12.1 Å². The number of hydrogen-bond donors (Lipinski definition) is 0. The molecule has 0 radical (unpaired) electrons. The predicted octanol–water partition coefficient (Wildman–Crippen LogP) is 6.49. The van der Waals surface area contributed by atoms with Crippen molar-refractivity contribution < 1.29 is 28.2 Å². The van der Waals surface area contributed by atoms with E-state index in [1.165, 1.54) is 38.7 Å². The summed E-state index contributed by atoms with van der Waals surface area (Å²) in [4.78, 5) is 25.7. The Morgan fingerprint density at radius 1 is 0.703 bits per heavy atom. The average molecular weight is 494 g/mol. The van der Waals surface area contributed by atoms with Crippen LogP contribution >= 0.6 is 0 Å². The van der Waals surface area contributed by atoms with Crippen molar-refractivity contribution in [2.24, 2.45) is 0 Å². The number of carbonyl (C=O) groups is 1. The van der Waals surface area contributed by atoms with Crippen LogP contribution < -0.4 is 24.4 Å². The largest absolute Gasteiger partial charge is 0.497 e. The molecular weight excluding hydrogens is 472 g/mol. The minimum atomic E-state index is -0.613. The molecule has 1 aromatic heterocycles. The molecule has 0 amide bonds. The van der Waals surface area contributed by atoms with Gasteiger partial charge in [-0.25, -0.2) is 4.79 Å². The van der Waals surface area contributed by atoms with Gasteiger partial charge in [-0.15, -0.1) is 0 Å². The summed E-state index contributed by atoms with van der Waals surface area (Å²) in [6.07, 6.45) is 1.24. The van der Waals surface area contributed by atoms with Crippen LogP contribution in [0, 0.1) is 0 Å². The van der Waals surface area contributed by atoms with E-state index in [0.29, 0.717) is 22.6 Å². The molecule has 7 nitrogen and oxygen atoms in total. The number of rotatable bonds is 7. The van der Waals surface area contributed by atoms with Crippen molar-refractivity contribution in [1.29, 1.82) is 0 Å². The first-order chi connectivity index (χ1) is 18.0. The Kier molecular flexibility index (Phi) is 6.59. The van der Waals surface area contributed by atoms with Gasteiger partial charge in [0.2, 0.25) is 11.2 Å². The Morgan fingerprint density at radius 2 is 1.35 bits per heavy atom. The fourth-order valence-corrected chi connectivity index (χ4v) is 3.79. The number of ether oxygens (including phenoxy) is 4. The summed E-state index contributed by atoms with van der Waals surface area (Å²) in [5.41, 5.74) is 2.28. The lowest BCUT2D eigenvalue weighted by Crippen LogP contribution is -2.09. The maximum atomic E-state index is 13.0. The molecule has 0 aliphatic rings. The van der Waals surface area contributed by atoms with E-state index in [-0.39, 0.29) is 28.1 Å². The first kappa shape index (κ1) is 23.7. The standard InChI is InChI=1S/C30H22O7/c1-33-24-14-21(15-25(16-24)34-2)30(32)37-23-12-13-26-27(17-23)35-18-28(29(26)31)36-22-10-8-20(9-11-22)19-6-4-3-5-7-19/h3-18H,1-2H3. The van der Waals surface area contributed by atoms with Crippen LogP contribution in [0.15, 0.2) is 106 Å². The first-order valence-electron chi connectivity index (χ1n) is 11.4. The van der Waals surface area contributed by atoms with Crippen molar-refractivity contribution in [1.82, 2.24) is 0 Å². The molecule has 0 saturated heterocycles. The molecule has 0 fully saturated rings. The molecule has 0 spiro atoms. The van der Waals surface area contributed by atoms with Gasteiger partial charge in [-0.1, -0.05) is 42.5 Å². The van der Waals surface area contributed by atoms with Crippen molar-refractivity contribution in [3.63, 3.8) is 0 Å². The number of benzene rings is 4. The molecule has 5 rings (SSSR count). The Bertz CT molecular complexity index is 1600. The minimum Gasteiger partial charge on any atom is -0.497 e. The SMILES string of the molecule is COc1cc(OC)cc(C(=O)Oc2ccc3c(=O)c(Oc4ccc(-c5ccccc5)cc4)coc3c2)c1. The van der Waals surface area contributed by atoms with Crippen molar-refractivity contribution in [2.75, 3.05) is 14.2 Å². The molecule has 1 heterocycles. The Morgan fingerprint density at radius 3 is 2.03 bits per heavy atom. The molecule has 0 unspecified atom stereocenters. The highest BCUT2D eigenvalue weighted by Gasteiger charge is 2.15. The molecule has 7 heteroatoms. The van der Waals surface area contributed by atoms with E-state index in [1.54, 1.807) is 30.3 Å². The second-order valence-corrected chi connectivity index (χ2v) is 8.07. The highest BCUT2D eigenvalue weighted by molar-refractivity contribution is 5.92. The van der Waals surface area contributed by atoms with Gasteiger partial charge in [0.15, 0.2) is 0 Å². The topological polar surface area (TPSA) is 84.2 Å². The lowest BCUT2D eigenvalue weighted by atomic mass is 10.1. The summed E-state index contributed by atoms with van der Waals surface area (Å²) in [5, 5.41) is 0.293. The summed E-state index contributed by atoms with van der Waals surface area (Å²) >= 11 is 0. The van der Waals surface area contributed by atoms with Gasteiger partial charge in [-0.3, -0.25) is 4.79 Å². The van der Waals surface area contributed by atoms with Gasteiger partial charge in [-0.2, -0.15) is 0 Å². The van der Waals surface area contributed by atoms with Crippen LogP contribution in [0.2, 0.25) is 0 Å². The van der Waals surface area contributed by atoms with E-state index >= 15 is 0 Å². The minimum absolute atomic E-state index is 0.0492. The monoisotopic (exact) mass is 494 g/mol. The van der Waals surface area contributed by atoms with Crippen LogP contribution in [-0.2, 0) is 0 Å². The number of esters is 1. The molecule has 4 aromatic carbocycles. The van der Waals surface area contributed by atoms with E-state index in [2.05, 4.69) is 0 Å². The lowest BCUT2D eigenvalue weighted by Gasteiger charge is -2.09. The lowest BCUT2D eigenvalue weighted by molar-refractivity contribution is 0.0734. The Hall–Kier alpha value is -5.04. The maximum Gasteiger partial charge on any atom is 0.343 e. The second kappa shape index (κ2) is 10.3.